The van der Waals surface area contributed by atoms with Crippen molar-refractivity contribution < 1.29 is 14.1 Å². The average Bonchev–Trinajstić information content (AvgIpc) is 3.22. The van der Waals surface area contributed by atoms with Gasteiger partial charge in [-0.25, -0.2) is 4.79 Å². The van der Waals surface area contributed by atoms with Crippen molar-refractivity contribution in [1.29, 1.82) is 0 Å². The third-order valence-corrected chi connectivity index (χ3v) is 6.41. The van der Waals surface area contributed by atoms with Crippen LogP contribution >= 0.6 is 0 Å². The molecule has 136 valence electrons. The van der Waals surface area contributed by atoms with Crippen LogP contribution in [0.15, 0.2) is 48.5 Å². The zero-order valence-corrected chi connectivity index (χ0v) is 15.3. The molecule has 0 radical (unpaired) electrons. The number of para-hydroxylation sites is 1. The van der Waals surface area contributed by atoms with Crippen LogP contribution in [0.1, 0.15) is 11.1 Å². The fourth-order valence-electron chi connectivity index (χ4n) is 3.54. The molecule has 4 rings (SSSR count). The number of fused-ring (bicyclic) bond motifs is 1. The SMILES string of the molecule is O=C1NCC(Cc2ccc(OCCN3CCc4ccccc43)cc2)[S+]1[O-]. The van der Waals surface area contributed by atoms with Crippen LogP contribution in [0.3, 0.4) is 0 Å². The number of hydrogen-bond donors (Lipinski definition) is 1. The van der Waals surface area contributed by atoms with Crippen LogP contribution in [-0.2, 0) is 24.0 Å². The molecule has 1 fully saturated rings. The topological polar surface area (TPSA) is 64.6 Å². The van der Waals surface area contributed by atoms with Crippen LogP contribution in [0.5, 0.6) is 5.75 Å². The second-order valence-electron chi connectivity index (χ2n) is 6.65. The summed E-state index contributed by atoms with van der Waals surface area (Å²) >= 11 is -1.42. The smallest absolute Gasteiger partial charge is 0.427 e. The van der Waals surface area contributed by atoms with Crippen LogP contribution in [0, 0.1) is 0 Å². The van der Waals surface area contributed by atoms with E-state index in [4.69, 9.17) is 4.74 Å². The molecule has 2 unspecified atom stereocenters. The maximum atomic E-state index is 11.8. The summed E-state index contributed by atoms with van der Waals surface area (Å²) in [6.45, 7) is 3.04. The largest absolute Gasteiger partial charge is 0.607 e. The van der Waals surface area contributed by atoms with Crippen LogP contribution in [0.25, 0.3) is 0 Å². The van der Waals surface area contributed by atoms with E-state index in [0.717, 1.165) is 30.8 Å². The van der Waals surface area contributed by atoms with Crippen LogP contribution in [-0.4, -0.2) is 41.3 Å². The van der Waals surface area contributed by atoms with Crippen molar-refractivity contribution in [3.8, 4) is 5.75 Å². The summed E-state index contributed by atoms with van der Waals surface area (Å²) in [4.78, 5) is 13.7. The van der Waals surface area contributed by atoms with Crippen LogP contribution in [0.4, 0.5) is 10.5 Å². The van der Waals surface area contributed by atoms with Gasteiger partial charge in [-0.05, 0) is 35.7 Å². The van der Waals surface area contributed by atoms with Crippen molar-refractivity contribution in [2.75, 3.05) is 31.1 Å². The Labute approximate surface area is 156 Å². The number of carbonyl (C=O) groups excluding carboxylic acids is 1. The van der Waals surface area contributed by atoms with Gasteiger partial charge in [-0.1, -0.05) is 30.3 Å². The van der Waals surface area contributed by atoms with Crippen LogP contribution in [0.2, 0.25) is 0 Å². The van der Waals surface area contributed by atoms with Gasteiger partial charge in [0.25, 0.3) is 0 Å². The third kappa shape index (κ3) is 3.66. The fraction of sp³-hybridized carbons (Fsp3) is 0.350. The normalized spacial score (nSPS) is 21.6. The summed E-state index contributed by atoms with van der Waals surface area (Å²) < 4.78 is 17.7. The van der Waals surface area contributed by atoms with Crippen molar-refractivity contribution in [3.63, 3.8) is 0 Å². The average molecular weight is 370 g/mol. The summed E-state index contributed by atoms with van der Waals surface area (Å²) in [7, 11) is 0. The minimum Gasteiger partial charge on any atom is -0.607 e. The number of ether oxygens (including phenoxy) is 1. The molecule has 0 aromatic heterocycles. The van der Waals surface area contributed by atoms with Crippen molar-refractivity contribution in [2.24, 2.45) is 0 Å². The Hall–Kier alpha value is -2.18. The molecular formula is C20H22N2O3S. The molecule has 1 saturated heterocycles. The predicted octanol–water partition coefficient (Wildman–Crippen LogP) is 2.51. The standard InChI is InChI=1S/C20H22N2O3S/c23-20-21-14-18(26(20)24)13-15-5-7-17(8-6-15)25-12-11-22-10-9-16-3-1-2-4-19(16)22/h1-8,18H,9-14H2,(H,21,23). The molecule has 26 heavy (non-hydrogen) atoms. The summed E-state index contributed by atoms with van der Waals surface area (Å²) in [5, 5.41) is 2.16. The molecule has 2 aliphatic rings. The van der Waals surface area contributed by atoms with E-state index < -0.39 is 11.2 Å². The summed E-state index contributed by atoms with van der Waals surface area (Å²) in [6, 6.07) is 16.4. The van der Waals surface area contributed by atoms with E-state index in [1.54, 1.807) is 0 Å². The number of benzene rings is 2. The highest BCUT2D eigenvalue weighted by molar-refractivity contribution is 8.06. The van der Waals surface area contributed by atoms with E-state index in [1.165, 1.54) is 11.3 Å². The Morgan fingerprint density at radius 1 is 1.19 bits per heavy atom. The molecule has 0 bridgehead atoms. The highest BCUT2D eigenvalue weighted by Gasteiger charge is 2.37. The monoisotopic (exact) mass is 370 g/mol. The number of carbonyl (C=O) groups is 1. The lowest BCUT2D eigenvalue weighted by atomic mass is 10.1. The quantitative estimate of drug-likeness (QED) is 0.794. The number of nitrogens with zero attached hydrogens (tertiary/aromatic N) is 1. The summed E-state index contributed by atoms with van der Waals surface area (Å²) in [6.07, 6.45) is 1.74. The molecule has 1 amide bonds. The van der Waals surface area contributed by atoms with Gasteiger partial charge in [-0.3, -0.25) is 0 Å². The highest BCUT2D eigenvalue weighted by atomic mass is 32.2. The van der Waals surface area contributed by atoms with E-state index in [2.05, 4.69) is 34.5 Å². The van der Waals surface area contributed by atoms with Gasteiger partial charge in [0.15, 0.2) is 0 Å². The van der Waals surface area contributed by atoms with Gasteiger partial charge in [0, 0.05) is 18.7 Å². The molecule has 0 aliphatic carbocycles. The molecule has 2 aromatic rings. The molecule has 2 heterocycles. The van der Waals surface area contributed by atoms with Crippen molar-refractivity contribution in [1.82, 2.24) is 5.32 Å². The van der Waals surface area contributed by atoms with Gasteiger partial charge >= 0.3 is 5.24 Å². The second kappa shape index (κ2) is 7.60. The van der Waals surface area contributed by atoms with Gasteiger partial charge in [0.1, 0.15) is 17.6 Å². The van der Waals surface area contributed by atoms with Gasteiger partial charge in [-0.15, -0.1) is 0 Å². The maximum Gasteiger partial charge on any atom is 0.427 e. The predicted molar refractivity (Wildman–Crippen MR) is 103 cm³/mol. The van der Waals surface area contributed by atoms with Gasteiger partial charge in [-0.2, -0.15) is 0 Å². The Bertz CT molecular complexity index is 781. The van der Waals surface area contributed by atoms with E-state index in [1.807, 2.05) is 24.3 Å². The molecule has 2 atom stereocenters. The first-order chi connectivity index (χ1) is 12.7. The van der Waals surface area contributed by atoms with Gasteiger partial charge < -0.3 is 19.5 Å². The molecule has 1 N–H and O–H groups in total. The van der Waals surface area contributed by atoms with E-state index >= 15 is 0 Å². The van der Waals surface area contributed by atoms with Gasteiger partial charge in [0.2, 0.25) is 0 Å². The van der Waals surface area contributed by atoms with Crippen molar-refractivity contribution in [3.05, 3.63) is 59.7 Å². The fourth-order valence-corrected chi connectivity index (χ4v) is 4.65. The first-order valence-electron chi connectivity index (χ1n) is 8.94. The zero-order valence-electron chi connectivity index (χ0n) is 14.5. The van der Waals surface area contributed by atoms with E-state index in [0.29, 0.717) is 19.6 Å². The minimum absolute atomic E-state index is 0.135. The Morgan fingerprint density at radius 3 is 2.77 bits per heavy atom. The molecular weight excluding hydrogens is 348 g/mol. The number of anilines is 1. The summed E-state index contributed by atoms with van der Waals surface area (Å²) in [5.74, 6) is 0.836. The number of hydrogen-bond acceptors (Lipinski definition) is 4. The number of amides is 1. The zero-order chi connectivity index (χ0) is 17.9. The van der Waals surface area contributed by atoms with E-state index in [9.17, 15) is 9.35 Å². The molecule has 0 spiro atoms. The second-order valence-corrected chi connectivity index (χ2v) is 8.28. The van der Waals surface area contributed by atoms with E-state index in [-0.39, 0.29) is 10.5 Å². The first kappa shape index (κ1) is 17.2. The lowest BCUT2D eigenvalue weighted by molar-refractivity contribution is 0.260. The first-order valence-corrected chi connectivity index (χ1v) is 10.1. The molecule has 6 heteroatoms. The number of nitrogens with one attached hydrogen (secondary N) is 1. The molecule has 2 aliphatic heterocycles. The van der Waals surface area contributed by atoms with Crippen LogP contribution < -0.4 is 15.0 Å². The highest BCUT2D eigenvalue weighted by Crippen LogP contribution is 2.27. The Morgan fingerprint density at radius 2 is 2.00 bits per heavy atom. The Kier molecular flexibility index (Phi) is 5.04. The Balaban J connectivity index is 1.27. The summed E-state index contributed by atoms with van der Waals surface area (Å²) in [5.41, 5.74) is 3.80. The lowest BCUT2D eigenvalue weighted by Gasteiger charge is -2.19. The lowest BCUT2D eigenvalue weighted by Crippen LogP contribution is -2.26. The van der Waals surface area contributed by atoms with Crippen molar-refractivity contribution >= 4 is 22.1 Å². The number of rotatable bonds is 6. The third-order valence-electron chi connectivity index (χ3n) is 4.96. The molecule has 2 aromatic carbocycles. The molecule has 5 nitrogen and oxygen atoms in total. The van der Waals surface area contributed by atoms with Gasteiger partial charge in [0.05, 0.1) is 24.3 Å². The maximum absolute atomic E-state index is 11.8. The minimum atomic E-state index is -1.42. The van der Waals surface area contributed by atoms with Crippen molar-refractivity contribution in [2.45, 2.75) is 18.1 Å². The molecule has 0 saturated carbocycles.